The van der Waals surface area contributed by atoms with E-state index in [1.807, 2.05) is 30.3 Å². The summed E-state index contributed by atoms with van der Waals surface area (Å²) in [5.41, 5.74) is 0.902. The molecule has 0 saturated carbocycles. The highest BCUT2D eigenvalue weighted by Crippen LogP contribution is 2.19. The first-order valence-corrected chi connectivity index (χ1v) is 6.48. The summed E-state index contributed by atoms with van der Waals surface area (Å²) >= 11 is 8.79. The predicted molar refractivity (Wildman–Crippen MR) is 75.0 cm³/mol. The topological polar surface area (TPSA) is 64.1 Å². The van der Waals surface area contributed by atoms with Crippen molar-refractivity contribution in [1.29, 1.82) is 0 Å². The highest BCUT2D eigenvalue weighted by Gasteiger charge is 2.09. The number of anilines is 1. The van der Waals surface area contributed by atoms with E-state index in [4.69, 9.17) is 16.3 Å². The smallest absolute Gasteiger partial charge is 0.413 e. The summed E-state index contributed by atoms with van der Waals surface area (Å²) in [6, 6.07) is 9.37. The van der Waals surface area contributed by atoms with Gasteiger partial charge in [0.05, 0.1) is 6.20 Å². The van der Waals surface area contributed by atoms with Crippen LogP contribution in [0, 0.1) is 0 Å². The van der Waals surface area contributed by atoms with Gasteiger partial charge in [-0.05, 0) is 21.5 Å². The highest BCUT2D eigenvalue weighted by atomic mass is 79.9. The van der Waals surface area contributed by atoms with Gasteiger partial charge in [0.25, 0.3) is 0 Å². The van der Waals surface area contributed by atoms with E-state index < -0.39 is 6.09 Å². The van der Waals surface area contributed by atoms with Crippen molar-refractivity contribution in [3.05, 3.63) is 51.8 Å². The Hall–Kier alpha value is -1.66. The van der Waals surface area contributed by atoms with Gasteiger partial charge in [0.2, 0.25) is 0 Å². The number of amides is 1. The average molecular weight is 343 g/mol. The second kappa shape index (κ2) is 6.49. The van der Waals surface area contributed by atoms with E-state index in [-0.39, 0.29) is 17.6 Å². The minimum absolute atomic E-state index is 0.186. The molecule has 0 atom stereocenters. The number of rotatable bonds is 3. The summed E-state index contributed by atoms with van der Waals surface area (Å²) in [5.74, 6) is 0.252. The summed E-state index contributed by atoms with van der Waals surface area (Å²) in [6.45, 7) is 0.186. The van der Waals surface area contributed by atoms with Gasteiger partial charge in [-0.25, -0.2) is 14.8 Å². The van der Waals surface area contributed by atoms with Crippen molar-refractivity contribution in [2.75, 3.05) is 5.32 Å². The van der Waals surface area contributed by atoms with Crippen LogP contribution in [0.15, 0.2) is 41.1 Å². The van der Waals surface area contributed by atoms with Crippen LogP contribution in [-0.2, 0) is 11.3 Å². The van der Waals surface area contributed by atoms with Gasteiger partial charge in [0, 0.05) is 0 Å². The normalized spacial score (nSPS) is 10.0. The molecule has 98 valence electrons. The van der Waals surface area contributed by atoms with Crippen LogP contribution in [0.3, 0.4) is 0 Å². The van der Waals surface area contributed by atoms with Crippen molar-refractivity contribution in [3.63, 3.8) is 0 Å². The Balaban J connectivity index is 1.91. The number of nitrogens with one attached hydrogen (secondary N) is 1. The monoisotopic (exact) mass is 341 g/mol. The minimum atomic E-state index is -0.610. The highest BCUT2D eigenvalue weighted by molar-refractivity contribution is 9.10. The van der Waals surface area contributed by atoms with Gasteiger partial charge in [0.1, 0.15) is 11.8 Å². The third-order valence-electron chi connectivity index (χ3n) is 2.13. The van der Waals surface area contributed by atoms with Crippen LogP contribution in [-0.4, -0.2) is 16.1 Å². The maximum Gasteiger partial charge on any atom is 0.413 e. The lowest BCUT2D eigenvalue weighted by molar-refractivity contribution is 0.155. The van der Waals surface area contributed by atoms with Gasteiger partial charge in [0.15, 0.2) is 10.4 Å². The maximum atomic E-state index is 11.6. The molecule has 0 radical (unpaired) electrons. The van der Waals surface area contributed by atoms with Gasteiger partial charge in [-0.2, -0.15) is 0 Å². The van der Waals surface area contributed by atoms with Crippen LogP contribution >= 0.6 is 27.5 Å². The molecule has 1 heterocycles. The second-order valence-electron chi connectivity index (χ2n) is 3.52. The number of halogens is 2. The Morgan fingerprint density at radius 3 is 2.79 bits per heavy atom. The molecule has 7 heteroatoms. The van der Waals surface area contributed by atoms with Crippen molar-refractivity contribution in [2.24, 2.45) is 0 Å². The average Bonchev–Trinajstić information content (AvgIpc) is 2.41. The van der Waals surface area contributed by atoms with Gasteiger partial charge in [-0.3, -0.25) is 5.32 Å². The molecule has 0 aliphatic carbocycles. The summed E-state index contributed by atoms with van der Waals surface area (Å²) in [5, 5.41) is 2.70. The van der Waals surface area contributed by atoms with Crippen molar-refractivity contribution >= 4 is 39.4 Å². The number of carbonyl (C=O) groups excluding carboxylic acids is 1. The lowest BCUT2D eigenvalue weighted by Crippen LogP contribution is -2.15. The van der Waals surface area contributed by atoms with E-state index in [1.54, 1.807) is 0 Å². The molecule has 1 N–H and O–H groups in total. The Bertz CT molecular complexity index is 580. The van der Waals surface area contributed by atoms with Gasteiger partial charge >= 0.3 is 6.09 Å². The first kappa shape index (κ1) is 13.8. The SMILES string of the molecule is O=C(Nc1ncc(Cl)nc1Br)OCc1ccccc1. The fourth-order valence-corrected chi connectivity index (χ4v) is 1.91. The molecule has 1 aromatic heterocycles. The van der Waals surface area contributed by atoms with E-state index >= 15 is 0 Å². The summed E-state index contributed by atoms with van der Waals surface area (Å²) in [7, 11) is 0. The van der Waals surface area contributed by atoms with E-state index in [2.05, 4.69) is 31.2 Å². The number of ether oxygens (including phenoxy) is 1. The van der Waals surface area contributed by atoms with E-state index in [1.165, 1.54) is 6.20 Å². The lowest BCUT2D eigenvalue weighted by atomic mass is 10.2. The third-order valence-corrected chi connectivity index (χ3v) is 2.87. The minimum Gasteiger partial charge on any atom is -0.444 e. The third kappa shape index (κ3) is 4.18. The maximum absolute atomic E-state index is 11.6. The molecule has 19 heavy (non-hydrogen) atoms. The zero-order valence-corrected chi connectivity index (χ0v) is 12.0. The zero-order valence-electron chi connectivity index (χ0n) is 9.64. The molecule has 0 saturated heterocycles. The molecular formula is C12H9BrClN3O2. The van der Waals surface area contributed by atoms with Crippen molar-refractivity contribution in [2.45, 2.75) is 6.61 Å². The Labute approximate surface area is 123 Å². The number of carbonyl (C=O) groups is 1. The zero-order chi connectivity index (χ0) is 13.7. The van der Waals surface area contributed by atoms with Crippen LogP contribution < -0.4 is 5.32 Å². The molecule has 0 aliphatic rings. The quantitative estimate of drug-likeness (QED) is 0.925. The van der Waals surface area contributed by atoms with Gasteiger partial charge in [-0.15, -0.1) is 0 Å². The molecule has 0 fully saturated rings. The molecule has 0 spiro atoms. The summed E-state index contributed by atoms with van der Waals surface area (Å²) in [4.78, 5) is 19.4. The number of benzene rings is 1. The van der Waals surface area contributed by atoms with E-state index in [0.717, 1.165) is 5.56 Å². The molecule has 2 aromatic rings. The standard InChI is InChI=1S/C12H9BrClN3O2/c13-10-11(15-6-9(14)16-10)17-12(18)19-7-8-4-2-1-3-5-8/h1-6H,7H2,(H,15,17,18). The van der Waals surface area contributed by atoms with Gasteiger partial charge < -0.3 is 4.74 Å². The van der Waals surface area contributed by atoms with Crippen LogP contribution in [0.1, 0.15) is 5.56 Å². The second-order valence-corrected chi connectivity index (χ2v) is 4.66. The molecule has 5 nitrogen and oxygen atoms in total. The molecular weight excluding hydrogens is 334 g/mol. The molecule has 0 bridgehead atoms. The number of hydrogen-bond donors (Lipinski definition) is 1. The Morgan fingerprint density at radius 1 is 1.37 bits per heavy atom. The van der Waals surface area contributed by atoms with Crippen LogP contribution in [0.4, 0.5) is 10.6 Å². The van der Waals surface area contributed by atoms with Gasteiger partial charge in [-0.1, -0.05) is 41.9 Å². The van der Waals surface area contributed by atoms with Crippen LogP contribution in [0.2, 0.25) is 5.15 Å². The molecule has 1 aromatic carbocycles. The molecule has 0 unspecified atom stereocenters. The van der Waals surface area contributed by atoms with Crippen molar-refractivity contribution in [3.8, 4) is 0 Å². The number of nitrogens with zero attached hydrogens (tertiary/aromatic N) is 2. The molecule has 1 amide bonds. The number of hydrogen-bond acceptors (Lipinski definition) is 4. The van der Waals surface area contributed by atoms with Crippen LogP contribution in [0.5, 0.6) is 0 Å². The van der Waals surface area contributed by atoms with E-state index in [9.17, 15) is 4.79 Å². The summed E-state index contributed by atoms with van der Waals surface area (Å²) < 4.78 is 5.39. The van der Waals surface area contributed by atoms with Crippen molar-refractivity contribution in [1.82, 2.24) is 9.97 Å². The fraction of sp³-hybridized carbons (Fsp3) is 0.0833. The Kier molecular flexibility index (Phi) is 4.70. The fourth-order valence-electron chi connectivity index (χ4n) is 1.29. The van der Waals surface area contributed by atoms with Crippen molar-refractivity contribution < 1.29 is 9.53 Å². The molecule has 2 rings (SSSR count). The lowest BCUT2D eigenvalue weighted by Gasteiger charge is -2.07. The largest absolute Gasteiger partial charge is 0.444 e. The van der Waals surface area contributed by atoms with E-state index in [0.29, 0.717) is 4.60 Å². The predicted octanol–water partition coefficient (Wildman–Crippen LogP) is 3.64. The Morgan fingerprint density at radius 2 is 2.11 bits per heavy atom. The first-order valence-electron chi connectivity index (χ1n) is 5.31. The van der Waals surface area contributed by atoms with Crippen LogP contribution in [0.25, 0.3) is 0 Å². The summed E-state index contributed by atoms with van der Waals surface area (Å²) in [6.07, 6.45) is 0.722. The molecule has 0 aliphatic heterocycles. The number of aromatic nitrogens is 2. The first-order chi connectivity index (χ1) is 9.15.